The second-order valence-electron chi connectivity index (χ2n) is 8.40. The fraction of sp³-hybridized carbons (Fsp3) is 0.360. The molecule has 0 bridgehead atoms. The summed E-state index contributed by atoms with van der Waals surface area (Å²) in [6.07, 6.45) is 0. The largest absolute Gasteiger partial charge is 0.476 e. The zero-order chi connectivity index (χ0) is 24.3. The van der Waals surface area contributed by atoms with E-state index in [4.69, 9.17) is 14.7 Å². The Hall–Kier alpha value is -3.86. The number of ether oxygens (including phenoxy) is 2. The number of imide groups is 1. The highest BCUT2D eigenvalue weighted by molar-refractivity contribution is 6.12. The van der Waals surface area contributed by atoms with Gasteiger partial charge in [0.15, 0.2) is 5.60 Å². The minimum Gasteiger partial charge on any atom is -0.476 e. The van der Waals surface area contributed by atoms with Gasteiger partial charge in [-0.15, -0.1) is 0 Å². The Bertz CT molecular complexity index is 1110. The number of rotatable bonds is 7. The van der Waals surface area contributed by atoms with Crippen molar-refractivity contribution in [2.75, 3.05) is 18.1 Å². The molecule has 0 aliphatic carbocycles. The molecule has 0 N–H and O–H groups in total. The van der Waals surface area contributed by atoms with Crippen LogP contribution in [0.2, 0.25) is 0 Å². The highest BCUT2D eigenvalue weighted by atomic mass is 16.6. The van der Waals surface area contributed by atoms with Gasteiger partial charge >= 0.3 is 12.0 Å². The van der Waals surface area contributed by atoms with Crippen LogP contribution in [0.5, 0.6) is 5.75 Å². The van der Waals surface area contributed by atoms with Crippen molar-refractivity contribution in [1.82, 2.24) is 4.90 Å². The van der Waals surface area contributed by atoms with E-state index in [0.717, 1.165) is 16.7 Å². The summed E-state index contributed by atoms with van der Waals surface area (Å²) >= 11 is 0. The third-order valence-corrected chi connectivity index (χ3v) is 5.35. The summed E-state index contributed by atoms with van der Waals surface area (Å²) in [5.41, 5.74) is 2.22. The van der Waals surface area contributed by atoms with Gasteiger partial charge in [-0.3, -0.25) is 14.6 Å². The third-order valence-electron chi connectivity index (χ3n) is 5.35. The standard InChI is InChI=1S/C25H27N3O5/c1-6-32-23(30)25(4,5)33-22-16(2)11-19(12-17(22)3)14-28-21(29)15-27(24(28)31)20-9-7-18(13-26)8-10-20/h7-12H,6,14-15H2,1-5H3. The molecular formula is C25H27N3O5. The smallest absolute Gasteiger partial charge is 0.349 e. The minimum absolute atomic E-state index is 0.0579. The van der Waals surface area contributed by atoms with Crippen LogP contribution in [-0.4, -0.2) is 41.6 Å². The number of nitriles is 1. The Balaban J connectivity index is 1.78. The first-order valence-electron chi connectivity index (χ1n) is 10.7. The van der Waals surface area contributed by atoms with Crippen LogP contribution in [0.25, 0.3) is 0 Å². The number of carbonyl (C=O) groups is 3. The Morgan fingerprint density at radius 2 is 1.73 bits per heavy atom. The van der Waals surface area contributed by atoms with Gasteiger partial charge in [-0.05, 0) is 75.6 Å². The summed E-state index contributed by atoms with van der Waals surface area (Å²) in [6, 6.07) is 11.8. The van der Waals surface area contributed by atoms with Crippen LogP contribution >= 0.6 is 0 Å². The third kappa shape index (κ3) is 4.98. The number of amides is 3. The molecule has 3 rings (SSSR count). The van der Waals surface area contributed by atoms with Gasteiger partial charge in [-0.25, -0.2) is 9.59 Å². The van der Waals surface area contributed by atoms with E-state index in [9.17, 15) is 14.4 Å². The topological polar surface area (TPSA) is 99.9 Å². The maximum absolute atomic E-state index is 12.9. The lowest BCUT2D eigenvalue weighted by atomic mass is 10.0. The molecule has 8 nitrogen and oxygen atoms in total. The molecule has 172 valence electrons. The van der Waals surface area contributed by atoms with Crippen molar-refractivity contribution in [2.24, 2.45) is 0 Å². The molecule has 2 aromatic carbocycles. The van der Waals surface area contributed by atoms with E-state index < -0.39 is 17.6 Å². The van der Waals surface area contributed by atoms with Crippen molar-refractivity contribution < 1.29 is 23.9 Å². The molecule has 1 fully saturated rings. The summed E-state index contributed by atoms with van der Waals surface area (Å²) in [7, 11) is 0. The van der Waals surface area contributed by atoms with Crippen LogP contribution in [0.15, 0.2) is 36.4 Å². The van der Waals surface area contributed by atoms with Gasteiger partial charge in [0.2, 0.25) is 0 Å². The molecule has 1 aliphatic rings. The van der Waals surface area contributed by atoms with Crippen LogP contribution in [-0.2, 0) is 20.9 Å². The van der Waals surface area contributed by atoms with Crippen LogP contribution in [0, 0.1) is 25.2 Å². The van der Waals surface area contributed by atoms with E-state index in [-0.39, 0.29) is 25.6 Å². The molecule has 8 heteroatoms. The Kier molecular flexibility index (Phi) is 6.73. The first-order valence-corrected chi connectivity index (χ1v) is 10.7. The normalized spacial score (nSPS) is 13.8. The molecule has 0 unspecified atom stereocenters. The highest BCUT2D eigenvalue weighted by Crippen LogP contribution is 2.30. The Morgan fingerprint density at radius 3 is 2.27 bits per heavy atom. The molecule has 0 spiro atoms. The van der Waals surface area contributed by atoms with Crippen LogP contribution in [0.1, 0.15) is 43.0 Å². The van der Waals surface area contributed by atoms with Crippen LogP contribution < -0.4 is 9.64 Å². The molecule has 33 heavy (non-hydrogen) atoms. The SMILES string of the molecule is CCOC(=O)C(C)(C)Oc1c(C)cc(CN2C(=O)CN(c3ccc(C#N)cc3)C2=O)cc1C. The number of hydrogen-bond donors (Lipinski definition) is 0. The zero-order valence-corrected chi connectivity index (χ0v) is 19.5. The second kappa shape index (κ2) is 9.33. The van der Waals surface area contributed by atoms with Gasteiger partial charge in [-0.1, -0.05) is 12.1 Å². The molecule has 1 saturated heterocycles. The first-order chi connectivity index (χ1) is 15.6. The maximum atomic E-state index is 12.9. The summed E-state index contributed by atoms with van der Waals surface area (Å²) in [6.45, 7) is 9.07. The molecule has 1 heterocycles. The quantitative estimate of drug-likeness (QED) is 0.470. The number of nitrogens with zero attached hydrogens (tertiary/aromatic N) is 3. The highest BCUT2D eigenvalue weighted by Gasteiger charge is 2.37. The zero-order valence-electron chi connectivity index (χ0n) is 19.5. The van der Waals surface area contributed by atoms with E-state index in [2.05, 4.69) is 0 Å². The number of hydrogen-bond acceptors (Lipinski definition) is 6. The van der Waals surface area contributed by atoms with Crippen molar-refractivity contribution in [1.29, 1.82) is 5.26 Å². The molecule has 1 aliphatic heterocycles. The summed E-state index contributed by atoms with van der Waals surface area (Å²) in [5, 5.41) is 8.95. The lowest BCUT2D eigenvalue weighted by molar-refractivity contribution is -0.158. The predicted octanol–water partition coefficient (Wildman–Crippen LogP) is 3.86. The maximum Gasteiger partial charge on any atom is 0.349 e. The second-order valence-corrected chi connectivity index (χ2v) is 8.40. The first kappa shape index (κ1) is 23.8. The fourth-order valence-electron chi connectivity index (χ4n) is 3.69. The summed E-state index contributed by atoms with van der Waals surface area (Å²) in [4.78, 5) is 40.3. The van der Waals surface area contributed by atoms with Crippen molar-refractivity contribution in [3.05, 3.63) is 58.7 Å². The number of anilines is 1. The molecule has 2 aromatic rings. The van der Waals surface area contributed by atoms with Gasteiger partial charge in [0.05, 0.1) is 24.8 Å². The molecule has 0 saturated carbocycles. The number of benzene rings is 2. The van der Waals surface area contributed by atoms with E-state index in [1.807, 2.05) is 32.0 Å². The van der Waals surface area contributed by atoms with Gasteiger partial charge in [0.25, 0.3) is 5.91 Å². The van der Waals surface area contributed by atoms with Gasteiger partial charge in [-0.2, -0.15) is 5.26 Å². The molecule has 3 amide bonds. The molecule has 0 atom stereocenters. The van der Waals surface area contributed by atoms with Crippen LogP contribution in [0.3, 0.4) is 0 Å². The van der Waals surface area contributed by atoms with E-state index in [1.54, 1.807) is 45.0 Å². The number of carbonyl (C=O) groups excluding carboxylic acids is 3. The van der Waals surface area contributed by atoms with Crippen molar-refractivity contribution >= 4 is 23.6 Å². The summed E-state index contributed by atoms with van der Waals surface area (Å²) < 4.78 is 11.1. The van der Waals surface area contributed by atoms with E-state index in [1.165, 1.54) is 9.80 Å². The lowest BCUT2D eigenvalue weighted by Crippen LogP contribution is -2.40. The predicted molar refractivity (Wildman–Crippen MR) is 122 cm³/mol. The average molecular weight is 450 g/mol. The van der Waals surface area contributed by atoms with Gasteiger partial charge in [0.1, 0.15) is 12.3 Å². The Labute approximate surface area is 193 Å². The van der Waals surface area contributed by atoms with Crippen LogP contribution in [0.4, 0.5) is 10.5 Å². The summed E-state index contributed by atoms with van der Waals surface area (Å²) in [5.74, 6) is -0.192. The van der Waals surface area contributed by atoms with Crippen molar-refractivity contribution in [3.8, 4) is 11.8 Å². The number of aryl methyl sites for hydroxylation is 2. The monoisotopic (exact) mass is 449 g/mol. The Morgan fingerprint density at radius 1 is 1.12 bits per heavy atom. The van der Waals surface area contributed by atoms with Gasteiger partial charge < -0.3 is 9.47 Å². The average Bonchev–Trinajstić information content (AvgIpc) is 3.05. The minimum atomic E-state index is -1.16. The van der Waals surface area contributed by atoms with E-state index >= 15 is 0 Å². The molecule has 0 radical (unpaired) electrons. The lowest BCUT2D eigenvalue weighted by Gasteiger charge is -2.26. The molecular weight excluding hydrogens is 422 g/mol. The fourth-order valence-corrected chi connectivity index (χ4v) is 3.69. The van der Waals surface area contributed by atoms with E-state index in [0.29, 0.717) is 17.0 Å². The molecule has 0 aromatic heterocycles. The van der Waals surface area contributed by atoms with Crippen molar-refractivity contribution in [3.63, 3.8) is 0 Å². The van der Waals surface area contributed by atoms with Gasteiger partial charge in [0, 0.05) is 5.69 Å². The number of urea groups is 1. The van der Waals surface area contributed by atoms with Crippen molar-refractivity contribution in [2.45, 2.75) is 46.8 Å². The number of esters is 1.